The van der Waals surface area contributed by atoms with E-state index in [-0.39, 0.29) is 5.69 Å². The summed E-state index contributed by atoms with van der Waals surface area (Å²) in [6, 6.07) is 0. The van der Waals surface area contributed by atoms with Crippen molar-refractivity contribution >= 4 is 17.6 Å². The number of H-pyrrole nitrogens is 1. The molecule has 96 valence electrons. The van der Waals surface area contributed by atoms with Crippen molar-refractivity contribution in [3.63, 3.8) is 0 Å². The molecule has 0 spiro atoms. The molecule has 2 rings (SSSR count). The van der Waals surface area contributed by atoms with E-state index in [1.54, 1.807) is 17.0 Å². The number of anilines is 1. The van der Waals surface area contributed by atoms with Crippen molar-refractivity contribution in [2.75, 3.05) is 11.9 Å². The van der Waals surface area contributed by atoms with Crippen LogP contribution >= 0.6 is 11.8 Å². The number of aromatic amines is 1. The van der Waals surface area contributed by atoms with Crippen LogP contribution in [0.5, 0.6) is 0 Å². The first-order valence-corrected chi connectivity index (χ1v) is 6.45. The third-order valence-electron chi connectivity index (χ3n) is 2.21. The summed E-state index contributed by atoms with van der Waals surface area (Å²) < 4.78 is 1.55. The largest absolute Gasteiger partial charge is 0.369 e. The van der Waals surface area contributed by atoms with Gasteiger partial charge in [0.25, 0.3) is 0 Å². The third kappa shape index (κ3) is 2.70. The molecule has 2 heterocycles. The second-order valence-corrected chi connectivity index (χ2v) is 4.42. The Balaban J connectivity index is 2.22. The Morgan fingerprint density at radius 3 is 3.00 bits per heavy atom. The Kier molecular flexibility index (Phi) is 3.98. The van der Waals surface area contributed by atoms with Crippen LogP contribution in [-0.2, 0) is 6.54 Å². The summed E-state index contributed by atoms with van der Waals surface area (Å²) in [7, 11) is 0. The molecule has 7 nitrogen and oxygen atoms in total. The Hall–Kier alpha value is -1.83. The van der Waals surface area contributed by atoms with Crippen molar-refractivity contribution in [1.29, 1.82) is 0 Å². The summed E-state index contributed by atoms with van der Waals surface area (Å²) in [6.07, 6.45) is 3.30. The lowest BCUT2D eigenvalue weighted by Gasteiger charge is -2.04. The number of rotatable bonds is 5. The van der Waals surface area contributed by atoms with Gasteiger partial charge in [0.15, 0.2) is 5.16 Å². The van der Waals surface area contributed by atoms with Gasteiger partial charge in [-0.2, -0.15) is 0 Å². The Morgan fingerprint density at radius 2 is 2.28 bits per heavy atom. The molecular formula is C10H14N6OS. The van der Waals surface area contributed by atoms with Gasteiger partial charge < -0.3 is 5.32 Å². The van der Waals surface area contributed by atoms with Crippen LogP contribution in [0.2, 0.25) is 0 Å². The first kappa shape index (κ1) is 12.6. The smallest absolute Gasteiger partial charge is 0.343 e. The second kappa shape index (κ2) is 5.67. The van der Waals surface area contributed by atoms with Gasteiger partial charge in [-0.05, 0) is 25.6 Å². The fourth-order valence-corrected chi connectivity index (χ4v) is 2.28. The van der Waals surface area contributed by atoms with Crippen molar-refractivity contribution < 1.29 is 0 Å². The van der Waals surface area contributed by atoms with Gasteiger partial charge in [-0.1, -0.05) is 0 Å². The van der Waals surface area contributed by atoms with E-state index < -0.39 is 0 Å². The van der Waals surface area contributed by atoms with Crippen LogP contribution in [0.1, 0.15) is 13.8 Å². The van der Waals surface area contributed by atoms with E-state index in [0.717, 1.165) is 6.54 Å². The molecule has 0 unspecified atom stereocenters. The van der Waals surface area contributed by atoms with E-state index in [2.05, 4.69) is 25.5 Å². The minimum Gasteiger partial charge on any atom is -0.369 e. The fourth-order valence-electron chi connectivity index (χ4n) is 1.42. The fraction of sp³-hybridized carbons (Fsp3) is 0.400. The van der Waals surface area contributed by atoms with Gasteiger partial charge in [0, 0.05) is 13.1 Å². The maximum absolute atomic E-state index is 11.4. The van der Waals surface area contributed by atoms with Gasteiger partial charge in [0.1, 0.15) is 10.8 Å². The molecule has 0 aliphatic rings. The second-order valence-electron chi connectivity index (χ2n) is 3.43. The summed E-state index contributed by atoms with van der Waals surface area (Å²) in [5, 5.41) is 10.7. The average molecular weight is 266 g/mol. The summed E-state index contributed by atoms with van der Waals surface area (Å²) in [4.78, 5) is 19.9. The minimum absolute atomic E-state index is 0.212. The molecule has 0 saturated heterocycles. The van der Waals surface area contributed by atoms with Crippen LogP contribution in [0.25, 0.3) is 0 Å². The number of nitrogens with one attached hydrogen (secondary N) is 2. The van der Waals surface area contributed by atoms with E-state index in [1.807, 2.05) is 13.8 Å². The van der Waals surface area contributed by atoms with E-state index >= 15 is 0 Å². The number of hydrogen-bond acceptors (Lipinski definition) is 6. The summed E-state index contributed by atoms with van der Waals surface area (Å²) in [5.41, 5.74) is -0.212. The molecule has 0 saturated carbocycles. The van der Waals surface area contributed by atoms with Crippen molar-refractivity contribution in [3.05, 3.63) is 22.9 Å². The topological polar surface area (TPSA) is 88.5 Å². The quantitative estimate of drug-likeness (QED) is 0.838. The highest BCUT2D eigenvalue weighted by atomic mass is 32.2. The van der Waals surface area contributed by atoms with Crippen LogP contribution in [0.4, 0.5) is 5.82 Å². The number of hydrogen-bond donors (Lipinski definition) is 2. The molecule has 2 aromatic rings. The molecule has 0 atom stereocenters. The molecule has 0 amide bonds. The van der Waals surface area contributed by atoms with Gasteiger partial charge in [-0.3, -0.25) is 9.55 Å². The van der Waals surface area contributed by atoms with Gasteiger partial charge in [-0.15, -0.1) is 5.10 Å². The van der Waals surface area contributed by atoms with Crippen LogP contribution in [0, 0.1) is 0 Å². The minimum atomic E-state index is -0.212. The Morgan fingerprint density at radius 1 is 1.44 bits per heavy atom. The molecule has 2 aromatic heterocycles. The molecule has 0 radical (unpaired) electrons. The van der Waals surface area contributed by atoms with Crippen molar-refractivity contribution in [3.8, 4) is 0 Å². The standard InChI is InChI=1S/C10H14N6OS/c1-3-12-7-5-11-6-8(13-7)18-10-15-14-9(17)16(10)4-2/h5-6H,3-4H2,1-2H3,(H,12,13)(H,14,17). The van der Waals surface area contributed by atoms with Gasteiger partial charge in [0.2, 0.25) is 0 Å². The molecule has 18 heavy (non-hydrogen) atoms. The zero-order valence-corrected chi connectivity index (χ0v) is 11.0. The highest BCUT2D eigenvalue weighted by molar-refractivity contribution is 7.99. The van der Waals surface area contributed by atoms with E-state index in [1.165, 1.54) is 11.8 Å². The monoisotopic (exact) mass is 266 g/mol. The van der Waals surface area contributed by atoms with E-state index in [4.69, 9.17) is 0 Å². The maximum Gasteiger partial charge on any atom is 0.343 e. The maximum atomic E-state index is 11.4. The highest BCUT2D eigenvalue weighted by Crippen LogP contribution is 2.23. The molecule has 0 aliphatic carbocycles. The van der Waals surface area contributed by atoms with Crippen LogP contribution in [0.3, 0.4) is 0 Å². The molecular weight excluding hydrogens is 252 g/mol. The first-order valence-electron chi connectivity index (χ1n) is 5.63. The molecule has 0 bridgehead atoms. The Bertz CT molecular complexity index is 578. The molecule has 0 aromatic carbocycles. The van der Waals surface area contributed by atoms with Crippen molar-refractivity contribution in [2.24, 2.45) is 0 Å². The van der Waals surface area contributed by atoms with Gasteiger partial charge >= 0.3 is 5.69 Å². The summed E-state index contributed by atoms with van der Waals surface area (Å²) in [5.74, 6) is 0.712. The lowest BCUT2D eigenvalue weighted by Crippen LogP contribution is -2.16. The van der Waals surface area contributed by atoms with Crippen LogP contribution < -0.4 is 11.0 Å². The number of nitrogens with zero attached hydrogens (tertiary/aromatic N) is 4. The first-order chi connectivity index (χ1) is 8.74. The average Bonchev–Trinajstić information content (AvgIpc) is 2.71. The predicted molar refractivity (Wildman–Crippen MR) is 68.8 cm³/mol. The normalized spacial score (nSPS) is 10.6. The summed E-state index contributed by atoms with van der Waals surface area (Å²) >= 11 is 1.31. The predicted octanol–water partition coefficient (Wildman–Crippen LogP) is 0.964. The van der Waals surface area contributed by atoms with E-state index in [0.29, 0.717) is 22.5 Å². The zero-order chi connectivity index (χ0) is 13.0. The zero-order valence-electron chi connectivity index (χ0n) is 10.2. The summed E-state index contributed by atoms with van der Waals surface area (Å²) in [6.45, 7) is 5.23. The van der Waals surface area contributed by atoms with Crippen molar-refractivity contribution in [2.45, 2.75) is 30.6 Å². The SMILES string of the molecule is CCNc1cncc(Sc2n[nH]c(=O)n2CC)n1. The van der Waals surface area contributed by atoms with Gasteiger partial charge in [0.05, 0.1) is 12.4 Å². The molecule has 0 fully saturated rings. The molecule has 0 aliphatic heterocycles. The van der Waals surface area contributed by atoms with Crippen molar-refractivity contribution in [1.82, 2.24) is 24.7 Å². The van der Waals surface area contributed by atoms with Crippen LogP contribution in [0.15, 0.2) is 27.4 Å². The lowest BCUT2D eigenvalue weighted by atomic mass is 10.6. The van der Waals surface area contributed by atoms with Gasteiger partial charge in [-0.25, -0.2) is 14.9 Å². The lowest BCUT2D eigenvalue weighted by molar-refractivity contribution is 0.660. The van der Waals surface area contributed by atoms with E-state index in [9.17, 15) is 4.79 Å². The molecule has 8 heteroatoms. The van der Waals surface area contributed by atoms with Crippen LogP contribution in [-0.4, -0.2) is 31.3 Å². The number of aromatic nitrogens is 5. The highest BCUT2D eigenvalue weighted by Gasteiger charge is 2.09. The molecule has 2 N–H and O–H groups in total. The third-order valence-corrected chi connectivity index (χ3v) is 3.11. The Labute approximate surface area is 108 Å².